The van der Waals surface area contributed by atoms with Crippen LogP contribution >= 0.6 is 11.6 Å². The highest BCUT2D eigenvalue weighted by molar-refractivity contribution is 6.30. The van der Waals surface area contributed by atoms with E-state index in [4.69, 9.17) is 11.6 Å². The average molecular weight is 436 g/mol. The third-order valence-corrected chi connectivity index (χ3v) is 5.67. The van der Waals surface area contributed by atoms with Gasteiger partial charge in [-0.1, -0.05) is 23.7 Å². The van der Waals surface area contributed by atoms with Crippen LogP contribution in [0.4, 0.5) is 23.2 Å². The molecule has 2 aromatic carbocycles. The van der Waals surface area contributed by atoms with Crippen molar-refractivity contribution < 1.29 is 17.6 Å². The quantitative estimate of drug-likeness (QED) is 0.446. The largest absolute Gasteiger partial charge is 0.394 e. The summed E-state index contributed by atoms with van der Waals surface area (Å²) in [6, 6.07) is 6.47. The smallest absolute Gasteiger partial charge is 0.377 e. The van der Waals surface area contributed by atoms with E-state index in [0.717, 1.165) is 5.56 Å². The molecule has 0 saturated carbocycles. The monoisotopic (exact) mass is 435 g/mol. The summed E-state index contributed by atoms with van der Waals surface area (Å²) in [5, 5.41) is 3.67. The number of rotatable bonds is 2. The molecule has 1 aromatic heterocycles. The van der Waals surface area contributed by atoms with E-state index >= 15 is 0 Å². The van der Waals surface area contributed by atoms with E-state index in [0.29, 0.717) is 33.1 Å². The van der Waals surface area contributed by atoms with Crippen LogP contribution in [-0.4, -0.2) is 16.1 Å². The van der Waals surface area contributed by atoms with Crippen molar-refractivity contribution in [1.29, 1.82) is 0 Å². The fourth-order valence-corrected chi connectivity index (χ4v) is 4.17. The van der Waals surface area contributed by atoms with Gasteiger partial charge in [0.1, 0.15) is 17.2 Å². The highest BCUT2D eigenvalue weighted by Crippen LogP contribution is 2.50. The SMILES string of the molecule is C/C=C1\C[C@H](C(F)(F)F)[C@H](Nc2ccc(F)c3nc(C)ncc23)c2cc(Cl)ccc21. The Morgan fingerprint density at radius 1 is 1.20 bits per heavy atom. The molecule has 0 amide bonds. The number of aromatic nitrogens is 2. The zero-order chi connectivity index (χ0) is 21.6. The Hall–Kier alpha value is -2.67. The van der Waals surface area contributed by atoms with E-state index in [9.17, 15) is 17.6 Å². The predicted molar refractivity (Wildman–Crippen MR) is 110 cm³/mol. The van der Waals surface area contributed by atoms with Crippen molar-refractivity contribution in [2.75, 3.05) is 5.32 Å². The Balaban J connectivity index is 1.89. The van der Waals surface area contributed by atoms with Crippen molar-refractivity contribution in [3.05, 3.63) is 70.4 Å². The lowest BCUT2D eigenvalue weighted by atomic mass is 9.76. The molecule has 156 valence electrons. The molecule has 0 unspecified atom stereocenters. The third kappa shape index (κ3) is 3.62. The van der Waals surface area contributed by atoms with Gasteiger partial charge in [0.15, 0.2) is 0 Å². The van der Waals surface area contributed by atoms with Gasteiger partial charge in [-0.15, -0.1) is 0 Å². The first kappa shape index (κ1) is 20.6. The first-order chi connectivity index (χ1) is 14.2. The number of halogens is 5. The molecule has 0 saturated heterocycles. The maximum Gasteiger partial charge on any atom is 0.394 e. The number of hydrogen-bond acceptors (Lipinski definition) is 3. The Morgan fingerprint density at radius 2 is 1.97 bits per heavy atom. The molecule has 8 heteroatoms. The molecule has 0 spiro atoms. The lowest BCUT2D eigenvalue weighted by Crippen LogP contribution is -2.36. The van der Waals surface area contributed by atoms with Crippen molar-refractivity contribution in [1.82, 2.24) is 9.97 Å². The second-order valence-corrected chi connectivity index (χ2v) is 7.73. The van der Waals surface area contributed by atoms with E-state index in [1.165, 1.54) is 18.3 Å². The zero-order valence-electron chi connectivity index (χ0n) is 16.2. The van der Waals surface area contributed by atoms with E-state index in [2.05, 4.69) is 15.3 Å². The van der Waals surface area contributed by atoms with Crippen molar-refractivity contribution in [2.24, 2.45) is 5.92 Å². The van der Waals surface area contributed by atoms with Crippen molar-refractivity contribution in [3.63, 3.8) is 0 Å². The van der Waals surface area contributed by atoms with Crippen LogP contribution < -0.4 is 5.32 Å². The van der Waals surface area contributed by atoms with E-state index in [1.54, 1.807) is 38.1 Å². The maximum atomic E-state index is 14.3. The van der Waals surface area contributed by atoms with Crippen LogP contribution in [0.25, 0.3) is 16.5 Å². The summed E-state index contributed by atoms with van der Waals surface area (Å²) >= 11 is 6.13. The molecule has 0 radical (unpaired) electrons. The molecule has 1 aliphatic rings. The number of hydrogen-bond donors (Lipinski definition) is 1. The highest BCUT2D eigenvalue weighted by atomic mass is 35.5. The minimum absolute atomic E-state index is 0.0623. The molecule has 1 N–H and O–H groups in total. The number of anilines is 1. The summed E-state index contributed by atoms with van der Waals surface area (Å²) in [6.45, 7) is 3.35. The van der Waals surface area contributed by atoms with Gasteiger partial charge in [-0.2, -0.15) is 13.2 Å². The Morgan fingerprint density at radius 3 is 2.67 bits per heavy atom. The molecular weight excluding hydrogens is 418 g/mol. The van der Waals surface area contributed by atoms with Gasteiger partial charge in [-0.05, 0) is 61.2 Å². The molecule has 3 nitrogen and oxygen atoms in total. The molecule has 30 heavy (non-hydrogen) atoms. The van der Waals surface area contributed by atoms with Crippen LogP contribution in [0.2, 0.25) is 5.02 Å². The Kier molecular flexibility index (Phi) is 5.18. The van der Waals surface area contributed by atoms with Gasteiger partial charge in [0, 0.05) is 22.3 Å². The molecule has 0 bridgehead atoms. The molecule has 3 aromatic rings. The highest BCUT2D eigenvalue weighted by Gasteiger charge is 2.48. The molecular formula is C22H18ClF4N3. The number of nitrogens with one attached hydrogen (secondary N) is 1. The fraction of sp³-hybridized carbons (Fsp3) is 0.273. The van der Waals surface area contributed by atoms with Gasteiger partial charge >= 0.3 is 6.18 Å². The molecule has 1 heterocycles. The van der Waals surface area contributed by atoms with E-state index < -0.39 is 24.0 Å². The second-order valence-electron chi connectivity index (χ2n) is 7.29. The predicted octanol–water partition coefficient (Wildman–Crippen LogP) is 6.87. The number of allylic oxidation sites excluding steroid dienone is 2. The minimum atomic E-state index is -4.45. The van der Waals surface area contributed by atoms with Gasteiger partial charge in [-0.25, -0.2) is 14.4 Å². The molecule has 0 fully saturated rings. The van der Waals surface area contributed by atoms with Gasteiger partial charge in [0.25, 0.3) is 0 Å². The first-order valence-electron chi connectivity index (χ1n) is 9.39. The molecule has 1 aliphatic carbocycles. The van der Waals surface area contributed by atoms with E-state index in [-0.39, 0.29) is 11.9 Å². The second kappa shape index (κ2) is 7.54. The fourth-order valence-electron chi connectivity index (χ4n) is 3.99. The van der Waals surface area contributed by atoms with Crippen LogP contribution in [0.5, 0.6) is 0 Å². The Labute approximate surface area is 175 Å². The van der Waals surface area contributed by atoms with Crippen LogP contribution in [-0.2, 0) is 0 Å². The standard InChI is InChI=1S/C22H18ClF4N3/c1-3-12-8-17(22(25,26)27)20(15-9-13(23)4-5-14(12)15)30-19-7-6-18(24)21-16(19)10-28-11(2)29-21/h3-7,9-10,17,20,30H,8H2,1-2H3/b12-3+/t17-,20+/m0/s1. The number of fused-ring (bicyclic) bond motifs is 2. The van der Waals surface area contributed by atoms with Gasteiger partial charge in [0.05, 0.1) is 12.0 Å². The number of nitrogens with zero attached hydrogens (tertiary/aromatic N) is 2. The lowest BCUT2D eigenvalue weighted by Gasteiger charge is -2.37. The molecule has 0 aliphatic heterocycles. The van der Waals surface area contributed by atoms with Crippen LogP contribution in [0.3, 0.4) is 0 Å². The van der Waals surface area contributed by atoms with Crippen LogP contribution in [0.1, 0.15) is 36.3 Å². The summed E-state index contributed by atoms with van der Waals surface area (Å²) in [4.78, 5) is 8.19. The maximum absolute atomic E-state index is 14.3. The van der Waals surface area contributed by atoms with Gasteiger partial charge in [0.2, 0.25) is 0 Å². The van der Waals surface area contributed by atoms with Crippen LogP contribution in [0.15, 0.2) is 42.6 Å². The van der Waals surface area contributed by atoms with E-state index in [1.807, 2.05) is 0 Å². The summed E-state index contributed by atoms with van der Waals surface area (Å²) < 4.78 is 56.4. The van der Waals surface area contributed by atoms with Crippen molar-refractivity contribution >= 4 is 33.8 Å². The Bertz CT molecular complexity index is 1160. The molecule has 2 atom stereocenters. The van der Waals surface area contributed by atoms with Gasteiger partial charge < -0.3 is 5.32 Å². The minimum Gasteiger partial charge on any atom is -0.377 e. The summed E-state index contributed by atoms with van der Waals surface area (Å²) in [5.41, 5.74) is 2.19. The van der Waals surface area contributed by atoms with Crippen molar-refractivity contribution in [2.45, 2.75) is 32.5 Å². The van der Waals surface area contributed by atoms with Crippen molar-refractivity contribution in [3.8, 4) is 0 Å². The molecule has 4 rings (SSSR count). The first-order valence-corrected chi connectivity index (χ1v) is 9.77. The van der Waals surface area contributed by atoms with Gasteiger partial charge in [-0.3, -0.25) is 0 Å². The van der Waals surface area contributed by atoms with Crippen LogP contribution in [0, 0.1) is 18.7 Å². The third-order valence-electron chi connectivity index (χ3n) is 5.44. The summed E-state index contributed by atoms with van der Waals surface area (Å²) in [5.74, 6) is -1.86. The normalized spacial score (nSPS) is 20.4. The summed E-state index contributed by atoms with van der Waals surface area (Å²) in [6.07, 6.45) is -1.49. The number of alkyl halides is 3. The zero-order valence-corrected chi connectivity index (χ0v) is 16.9. The summed E-state index contributed by atoms with van der Waals surface area (Å²) in [7, 11) is 0. The average Bonchev–Trinajstić information content (AvgIpc) is 2.69. The number of benzene rings is 2. The topological polar surface area (TPSA) is 37.8 Å². The number of aryl methyl sites for hydroxylation is 1. The lowest BCUT2D eigenvalue weighted by molar-refractivity contribution is -0.178.